The molecule has 2 N–H and O–H groups in total. The predicted octanol–water partition coefficient (Wildman–Crippen LogP) is 5.55. The van der Waals surface area contributed by atoms with Crippen LogP contribution in [-0.2, 0) is 29.6 Å². The van der Waals surface area contributed by atoms with Crippen LogP contribution in [0.5, 0.6) is 11.5 Å². The van der Waals surface area contributed by atoms with Crippen LogP contribution in [0.1, 0.15) is 73.7 Å². The molecule has 8 nitrogen and oxygen atoms in total. The summed E-state index contributed by atoms with van der Waals surface area (Å²) in [4.78, 5) is 34.2. The Bertz CT molecular complexity index is 1460. The number of hydrogen-bond donors (Lipinski definition) is 2. The molecule has 228 valence electrons. The summed E-state index contributed by atoms with van der Waals surface area (Å²) in [5.41, 5.74) is 5.55. The molecule has 3 aromatic rings. The van der Waals surface area contributed by atoms with Gasteiger partial charge in [0, 0.05) is 63.5 Å². The van der Waals surface area contributed by atoms with E-state index in [1.54, 1.807) is 18.3 Å². The van der Waals surface area contributed by atoms with Crippen molar-refractivity contribution >= 4 is 17.6 Å². The van der Waals surface area contributed by atoms with Gasteiger partial charge in [0.25, 0.3) is 5.91 Å². The minimum atomic E-state index is -0.182. The average molecular weight is 584 g/mol. The van der Waals surface area contributed by atoms with Crippen LogP contribution < -0.4 is 15.4 Å². The zero-order valence-corrected chi connectivity index (χ0v) is 26.2. The topological polar surface area (TPSA) is 86.8 Å². The third-order valence-electron chi connectivity index (χ3n) is 8.45. The quantitative estimate of drug-likeness (QED) is 0.362. The molecule has 0 spiro atoms. The molecule has 1 aromatic heterocycles. The van der Waals surface area contributed by atoms with Gasteiger partial charge in [-0.2, -0.15) is 0 Å². The molecular formula is C35H45N5O3. The van der Waals surface area contributed by atoms with E-state index in [0.717, 1.165) is 64.1 Å². The number of rotatable bonds is 8. The van der Waals surface area contributed by atoms with Gasteiger partial charge in [-0.3, -0.25) is 14.5 Å². The highest BCUT2D eigenvalue weighted by atomic mass is 16.5. The Morgan fingerprint density at radius 1 is 0.953 bits per heavy atom. The lowest BCUT2D eigenvalue weighted by molar-refractivity contribution is -0.114. The van der Waals surface area contributed by atoms with Crippen molar-refractivity contribution in [2.45, 2.75) is 71.9 Å². The van der Waals surface area contributed by atoms with E-state index < -0.39 is 0 Å². The number of benzene rings is 2. The molecule has 1 fully saturated rings. The molecule has 43 heavy (non-hydrogen) atoms. The molecule has 1 aliphatic carbocycles. The van der Waals surface area contributed by atoms with Crippen molar-refractivity contribution in [2.75, 3.05) is 38.0 Å². The van der Waals surface area contributed by atoms with Gasteiger partial charge in [-0.25, -0.2) is 4.98 Å². The zero-order chi connectivity index (χ0) is 30.6. The lowest BCUT2D eigenvalue weighted by atomic mass is 9.84. The number of piperazine rings is 1. The standard InChI is InChI=1S/C35H45N5O3/c1-6-39-13-15-40(16-14-39)23-25-17-28(19-29(18-25)35(3,4)5)34(42)38-30-9-7-26-8-10-31(21-27(26)20-30)43-32-11-12-36-33(22-32)37-24(2)41/h8,10-12,17-19,21-22,30H,6-7,9,13-16,20,23H2,1-5H3,(H,38,42)(H,36,37,41). The fourth-order valence-corrected chi connectivity index (χ4v) is 5.92. The van der Waals surface area contributed by atoms with Crippen LogP contribution in [0.2, 0.25) is 0 Å². The number of ether oxygens (including phenoxy) is 1. The van der Waals surface area contributed by atoms with Crippen molar-refractivity contribution in [1.29, 1.82) is 0 Å². The van der Waals surface area contributed by atoms with Crippen molar-refractivity contribution < 1.29 is 14.3 Å². The maximum Gasteiger partial charge on any atom is 0.251 e. The van der Waals surface area contributed by atoms with Crippen LogP contribution in [0.3, 0.4) is 0 Å². The van der Waals surface area contributed by atoms with Gasteiger partial charge in [-0.1, -0.05) is 39.8 Å². The second-order valence-corrected chi connectivity index (χ2v) is 12.9. The van der Waals surface area contributed by atoms with Crippen LogP contribution >= 0.6 is 0 Å². The Morgan fingerprint density at radius 2 is 1.70 bits per heavy atom. The third-order valence-corrected chi connectivity index (χ3v) is 8.45. The molecule has 0 saturated carbocycles. The molecule has 0 bridgehead atoms. The SMILES string of the molecule is CCN1CCN(Cc2cc(C(=O)NC3CCc4ccc(Oc5ccnc(NC(C)=O)c5)cc4C3)cc(C(C)(C)C)c2)CC1. The summed E-state index contributed by atoms with van der Waals surface area (Å²) < 4.78 is 6.10. The molecule has 1 unspecified atom stereocenters. The van der Waals surface area contributed by atoms with Gasteiger partial charge in [0.2, 0.25) is 5.91 Å². The highest BCUT2D eigenvalue weighted by Crippen LogP contribution is 2.30. The summed E-state index contributed by atoms with van der Waals surface area (Å²) in [6, 6.07) is 16.1. The molecule has 1 saturated heterocycles. The molecule has 8 heteroatoms. The van der Waals surface area contributed by atoms with Crippen LogP contribution in [0.4, 0.5) is 5.82 Å². The Balaban J connectivity index is 1.27. The molecule has 0 radical (unpaired) electrons. The van der Waals surface area contributed by atoms with Gasteiger partial charge in [-0.15, -0.1) is 0 Å². The number of anilines is 1. The van der Waals surface area contributed by atoms with Crippen molar-refractivity contribution in [3.05, 3.63) is 82.5 Å². The monoisotopic (exact) mass is 583 g/mol. The van der Waals surface area contributed by atoms with Crippen molar-refractivity contribution in [2.24, 2.45) is 0 Å². The Kier molecular flexibility index (Phi) is 9.47. The predicted molar refractivity (Wildman–Crippen MR) is 171 cm³/mol. The van der Waals surface area contributed by atoms with Crippen molar-refractivity contribution in [1.82, 2.24) is 20.1 Å². The highest BCUT2D eigenvalue weighted by Gasteiger charge is 2.24. The summed E-state index contributed by atoms with van der Waals surface area (Å²) in [6.45, 7) is 16.6. The Labute approximate surface area is 255 Å². The minimum absolute atomic E-state index is 0.00806. The number of nitrogens with zero attached hydrogens (tertiary/aromatic N) is 3. The maximum absolute atomic E-state index is 13.7. The number of carbonyl (C=O) groups is 2. The minimum Gasteiger partial charge on any atom is -0.457 e. The number of fused-ring (bicyclic) bond motifs is 1. The molecule has 2 heterocycles. The van der Waals surface area contributed by atoms with Gasteiger partial charge in [0.05, 0.1) is 0 Å². The van der Waals surface area contributed by atoms with E-state index in [2.05, 4.69) is 83.4 Å². The van der Waals surface area contributed by atoms with E-state index in [0.29, 0.717) is 17.3 Å². The van der Waals surface area contributed by atoms with E-state index in [9.17, 15) is 9.59 Å². The summed E-state index contributed by atoms with van der Waals surface area (Å²) in [7, 11) is 0. The van der Waals surface area contributed by atoms with Gasteiger partial charge in [0.15, 0.2) is 0 Å². The highest BCUT2D eigenvalue weighted by molar-refractivity contribution is 5.95. The summed E-state index contributed by atoms with van der Waals surface area (Å²) in [5.74, 6) is 1.57. The molecular weight excluding hydrogens is 538 g/mol. The van der Waals surface area contributed by atoms with Crippen molar-refractivity contribution in [3.8, 4) is 11.5 Å². The number of carbonyl (C=O) groups excluding carboxylic acids is 2. The summed E-state index contributed by atoms with van der Waals surface area (Å²) >= 11 is 0. The van der Waals surface area contributed by atoms with Gasteiger partial charge in [-0.05, 0) is 83.8 Å². The molecule has 5 rings (SSSR count). The average Bonchev–Trinajstić information content (AvgIpc) is 2.96. The maximum atomic E-state index is 13.7. The van der Waals surface area contributed by atoms with Crippen LogP contribution in [0, 0.1) is 0 Å². The summed E-state index contributed by atoms with van der Waals surface area (Å²) in [6.07, 6.45) is 4.16. The first-order valence-corrected chi connectivity index (χ1v) is 15.5. The zero-order valence-electron chi connectivity index (χ0n) is 26.2. The van der Waals surface area contributed by atoms with Crippen LogP contribution in [-0.4, -0.2) is 65.4 Å². The molecule has 2 aliphatic rings. The second kappa shape index (κ2) is 13.3. The second-order valence-electron chi connectivity index (χ2n) is 12.9. The first-order valence-electron chi connectivity index (χ1n) is 15.5. The van der Waals surface area contributed by atoms with E-state index in [-0.39, 0.29) is 23.3 Å². The number of likely N-dealkylation sites (N-methyl/N-ethyl adjacent to an activating group) is 1. The number of aromatic nitrogens is 1. The van der Waals surface area contributed by atoms with Gasteiger partial charge in [0.1, 0.15) is 17.3 Å². The number of aryl methyl sites for hydroxylation is 1. The van der Waals surface area contributed by atoms with Crippen LogP contribution in [0.15, 0.2) is 54.7 Å². The third kappa shape index (κ3) is 8.21. The number of nitrogens with one attached hydrogen (secondary N) is 2. The molecule has 1 atom stereocenters. The summed E-state index contributed by atoms with van der Waals surface area (Å²) in [5, 5.41) is 6.03. The van der Waals surface area contributed by atoms with Crippen LogP contribution in [0.25, 0.3) is 0 Å². The number of hydrogen-bond acceptors (Lipinski definition) is 6. The molecule has 1 aliphatic heterocycles. The van der Waals surface area contributed by atoms with E-state index in [1.165, 1.54) is 29.2 Å². The smallest absolute Gasteiger partial charge is 0.251 e. The largest absolute Gasteiger partial charge is 0.457 e. The number of amides is 2. The van der Waals surface area contributed by atoms with E-state index >= 15 is 0 Å². The lowest BCUT2D eigenvalue weighted by Gasteiger charge is -2.34. The van der Waals surface area contributed by atoms with Gasteiger partial charge >= 0.3 is 0 Å². The van der Waals surface area contributed by atoms with E-state index in [1.807, 2.05) is 6.07 Å². The first-order chi connectivity index (χ1) is 20.6. The molecule has 2 aromatic carbocycles. The van der Waals surface area contributed by atoms with E-state index in [4.69, 9.17) is 4.74 Å². The normalized spacial score (nSPS) is 17.7. The first kappa shape index (κ1) is 30.7. The fourth-order valence-electron chi connectivity index (χ4n) is 5.92. The Morgan fingerprint density at radius 3 is 2.42 bits per heavy atom. The van der Waals surface area contributed by atoms with Crippen molar-refractivity contribution in [3.63, 3.8) is 0 Å². The molecule has 2 amide bonds. The Hall–Kier alpha value is -3.75. The van der Waals surface area contributed by atoms with Gasteiger partial charge < -0.3 is 20.3 Å². The fraction of sp³-hybridized carbons (Fsp3) is 0.457. The lowest BCUT2D eigenvalue weighted by Crippen LogP contribution is -2.45. The number of pyridine rings is 1.